The Morgan fingerprint density at radius 3 is 2.78 bits per heavy atom. The summed E-state index contributed by atoms with van der Waals surface area (Å²) in [6.07, 6.45) is 0. The molecule has 0 fully saturated rings. The second-order valence-electron chi connectivity index (χ2n) is 3.89. The SMILES string of the molecule is Cc1cc(C(=O)O)nc(NCc2ccc(C)s2)n1. The molecule has 94 valence electrons. The highest BCUT2D eigenvalue weighted by atomic mass is 32.1. The van der Waals surface area contributed by atoms with Crippen LogP contribution < -0.4 is 5.32 Å². The van der Waals surface area contributed by atoms with Crippen LogP contribution in [0.25, 0.3) is 0 Å². The number of hydrogen-bond donors (Lipinski definition) is 2. The van der Waals surface area contributed by atoms with Crippen molar-refractivity contribution < 1.29 is 9.90 Å². The summed E-state index contributed by atoms with van der Waals surface area (Å²) in [5.41, 5.74) is 0.639. The lowest BCUT2D eigenvalue weighted by Crippen LogP contribution is -2.08. The van der Waals surface area contributed by atoms with Gasteiger partial charge in [0.2, 0.25) is 5.95 Å². The average Bonchev–Trinajstić information content (AvgIpc) is 2.72. The zero-order valence-corrected chi connectivity index (χ0v) is 10.9. The van der Waals surface area contributed by atoms with Crippen molar-refractivity contribution >= 4 is 23.3 Å². The predicted molar refractivity (Wildman–Crippen MR) is 70.1 cm³/mol. The van der Waals surface area contributed by atoms with Crippen molar-refractivity contribution in [1.82, 2.24) is 9.97 Å². The van der Waals surface area contributed by atoms with E-state index >= 15 is 0 Å². The molecule has 2 rings (SSSR count). The minimum Gasteiger partial charge on any atom is -0.477 e. The number of hydrogen-bond acceptors (Lipinski definition) is 5. The van der Waals surface area contributed by atoms with Crippen LogP contribution in [0.2, 0.25) is 0 Å². The number of carbonyl (C=O) groups is 1. The molecule has 0 atom stereocenters. The minimum atomic E-state index is -1.05. The van der Waals surface area contributed by atoms with Crippen LogP contribution in [0, 0.1) is 13.8 Å². The standard InChI is InChI=1S/C12H13N3O2S/c1-7-5-10(11(16)17)15-12(14-7)13-6-9-4-3-8(2)18-9/h3-5H,6H2,1-2H3,(H,16,17)(H,13,14,15). The van der Waals surface area contributed by atoms with Crippen LogP contribution in [0.4, 0.5) is 5.95 Å². The normalized spacial score (nSPS) is 10.3. The van der Waals surface area contributed by atoms with E-state index in [-0.39, 0.29) is 5.69 Å². The van der Waals surface area contributed by atoms with Gasteiger partial charge in [-0.1, -0.05) is 0 Å². The molecule has 0 saturated heterocycles. The Kier molecular flexibility index (Phi) is 3.57. The summed E-state index contributed by atoms with van der Waals surface area (Å²) in [6.45, 7) is 4.38. The number of carboxylic acids is 1. The van der Waals surface area contributed by atoms with Crippen molar-refractivity contribution in [3.05, 3.63) is 39.3 Å². The molecule has 0 unspecified atom stereocenters. The molecule has 0 bridgehead atoms. The Bertz CT molecular complexity index is 580. The minimum absolute atomic E-state index is 0.00681. The number of nitrogens with one attached hydrogen (secondary N) is 1. The molecule has 0 saturated carbocycles. The first-order chi connectivity index (χ1) is 8.54. The predicted octanol–water partition coefficient (Wildman–Crippen LogP) is 2.47. The first-order valence-electron chi connectivity index (χ1n) is 5.43. The van der Waals surface area contributed by atoms with Crippen molar-refractivity contribution in [3.63, 3.8) is 0 Å². The largest absolute Gasteiger partial charge is 0.477 e. The molecule has 0 aliphatic heterocycles. The summed E-state index contributed by atoms with van der Waals surface area (Å²) in [5, 5.41) is 11.9. The van der Waals surface area contributed by atoms with E-state index in [2.05, 4.69) is 15.3 Å². The number of aromatic carboxylic acids is 1. The highest BCUT2D eigenvalue weighted by Gasteiger charge is 2.08. The van der Waals surface area contributed by atoms with Crippen LogP contribution in [0.5, 0.6) is 0 Å². The molecule has 2 N–H and O–H groups in total. The second kappa shape index (κ2) is 5.14. The van der Waals surface area contributed by atoms with Crippen molar-refractivity contribution in [2.75, 3.05) is 5.32 Å². The van der Waals surface area contributed by atoms with Gasteiger partial charge in [0.1, 0.15) is 0 Å². The molecular formula is C12H13N3O2S. The molecule has 0 amide bonds. The fraction of sp³-hybridized carbons (Fsp3) is 0.250. The number of rotatable bonds is 4. The Morgan fingerprint density at radius 1 is 1.39 bits per heavy atom. The highest BCUT2D eigenvalue weighted by molar-refractivity contribution is 7.11. The van der Waals surface area contributed by atoms with Gasteiger partial charge in [0.05, 0.1) is 6.54 Å². The second-order valence-corrected chi connectivity index (χ2v) is 5.26. The third kappa shape index (κ3) is 3.04. The molecule has 0 radical (unpaired) electrons. The van der Waals surface area contributed by atoms with E-state index in [1.807, 2.05) is 19.1 Å². The topological polar surface area (TPSA) is 75.1 Å². The Balaban J connectivity index is 2.11. The fourth-order valence-corrected chi connectivity index (χ4v) is 2.33. The maximum atomic E-state index is 10.9. The molecule has 2 heterocycles. The van der Waals surface area contributed by atoms with E-state index in [0.29, 0.717) is 18.2 Å². The van der Waals surface area contributed by atoms with Gasteiger partial charge >= 0.3 is 5.97 Å². The van der Waals surface area contributed by atoms with E-state index in [1.54, 1.807) is 18.3 Å². The zero-order chi connectivity index (χ0) is 13.1. The number of thiophene rings is 1. The average molecular weight is 263 g/mol. The van der Waals surface area contributed by atoms with Gasteiger partial charge in [-0.15, -0.1) is 11.3 Å². The van der Waals surface area contributed by atoms with Gasteiger partial charge in [0, 0.05) is 15.4 Å². The number of carboxylic acid groups (broad SMARTS) is 1. The van der Waals surface area contributed by atoms with Gasteiger partial charge in [-0.05, 0) is 32.0 Å². The van der Waals surface area contributed by atoms with Gasteiger partial charge in [-0.3, -0.25) is 0 Å². The van der Waals surface area contributed by atoms with Crippen LogP contribution in [-0.4, -0.2) is 21.0 Å². The maximum Gasteiger partial charge on any atom is 0.354 e. The van der Waals surface area contributed by atoms with Crippen molar-refractivity contribution in [1.29, 1.82) is 0 Å². The maximum absolute atomic E-state index is 10.9. The van der Waals surface area contributed by atoms with E-state index in [9.17, 15) is 4.79 Å². The molecule has 2 aromatic heterocycles. The van der Waals surface area contributed by atoms with E-state index < -0.39 is 5.97 Å². The van der Waals surface area contributed by atoms with Gasteiger partial charge in [0.15, 0.2) is 5.69 Å². The molecular weight excluding hydrogens is 250 g/mol. The molecule has 0 aliphatic carbocycles. The van der Waals surface area contributed by atoms with Crippen LogP contribution in [0.15, 0.2) is 18.2 Å². The third-order valence-corrected chi connectivity index (χ3v) is 3.29. The smallest absolute Gasteiger partial charge is 0.354 e. The lowest BCUT2D eigenvalue weighted by molar-refractivity contribution is 0.0690. The summed E-state index contributed by atoms with van der Waals surface area (Å²) in [4.78, 5) is 21.4. The summed E-state index contributed by atoms with van der Waals surface area (Å²) in [7, 11) is 0. The Labute approximate surface area is 109 Å². The van der Waals surface area contributed by atoms with Gasteiger partial charge in [0.25, 0.3) is 0 Å². The molecule has 18 heavy (non-hydrogen) atoms. The van der Waals surface area contributed by atoms with E-state index in [1.165, 1.54) is 10.9 Å². The van der Waals surface area contributed by atoms with Gasteiger partial charge in [-0.25, -0.2) is 14.8 Å². The van der Waals surface area contributed by atoms with E-state index in [0.717, 1.165) is 4.88 Å². The number of anilines is 1. The Hall–Kier alpha value is -1.95. The van der Waals surface area contributed by atoms with Gasteiger partial charge in [-0.2, -0.15) is 0 Å². The number of aromatic nitrogens is 2. The van der Waals surface area contributed by atoms with Crippen LogP contribution >= 0.6 is 11.3 Å². The molecule has 0 aliphatic rings. The molecule has 2 aromatic rings. The molecule has 0 aromatic carbocycles. The van der Waals surface area contributed by atoms with E-state index in [4.69, 9.17) is 5.11 Å². The quantitative estimate of drug-likeness (QED) is 0.886. The number of nitrogens with zero attached hydrogens (tertiary/aromatic N) is 2. The molecule has 5 nitrogen and oxygen atoms in total. The monoisotopic (exact) mass is 263 g/mol. The Morgan fingerprint density at radius 2 is 2.17 bits per heavy atom. The summed E-state index contributed by atoms with van der Waals surface area (Å²) in [5.74, 6) is -0.700. The van der Waals surface area contributed by atoms with Gasteiger partial charge < -0.3 is 10.4 Å². The summed E-state index contributed by atoms with van der Waals surface area (Å²) >= 11 is 1.69. The first kappa shape index (κ1) is 12.5. The fourth-order valence-electron chi connectivity index (χ4n) is 1.50. The van der Waals surface area contributed by atoms with Crippen LogP contribution in [-0.2, 0) is 6.54 Å². The van der Waals surface area contributed by atoms with Crippen molar-refractivity contribution in [2.24, 2.45) is 0 Å². The molecule has 0 spiro atoms. The van der Waals surface area contributed by atoms with Crippen molar-refractivity contribution in [2.45, 2.75) is 20.4 Å². The lowest BCUT2D eigenvalue weighted by atomic mass is 10.3. The first-order valence-corrected chi connectivity index (χ1v) is 6.24. The zero-order valence-electron chi connectivity index (χ0n) is 10.1. The third-order valence-electron chi connectivity index (χ3n) is 2.29. The summed E-state index contributed by atoms with van der Waals surface area (Å²) in [6, 6.07) is 5.52. The highest BCUT2D eigenvalue weighted by Crippen LogP contribution is 2.16. The molecule has 6 heteroatoms. The van der Waals surface area contributed by atoms with Crippen LogP contribution in [0.3, 0.4) is 0 Å². The lowest BCUT2D eigenvalue weighted by Gasteiger charge is -2.05. The van der Waals surface area contributed by atoms with Crippen LogP contribution in [0.1, 0.15) is 25.9 Å². The van der Waals surface area contributed by atoms with Crippen molar-refractivity contribution in [3.8, 4) is 0 Å². The summed E-state index contributed by atoms with van der Waals surface area (Å²) < 4.78 is 0. The number of aryl methyl sites for hydroxylation is 2.